The number of phenolic OH excluding ortho intramolecular Hbond substituents is 1. The van der Waals surface area contributed by atoms with Gasteiger partial charge in [-0.25, -0.2) is 0 Å². The normalized spacial score (nSPS) is 20.2. The lowest BCUT2D eigenvalue weighted by Gasteiger charge is -2.32. The molecule has 2 heteroatoms. The van der Waals surface area contributed by atoms with Crippen molar-refractivity contribution in [1.29, 1.82) is 0 Å². The molecule has 1 aromatic rings. The molecular formula is C24H36O2. The van der Waals surface area contributed by atoms with E-state index in [2.05, 4.69) is 39.5 Å². The van der Waals surface area contributed by atoms with Gasteiger partial charge in [0.15, 0.2) is 0 Å². The van der Waals surface area contributed by atoms with Crippen LogP contribution in [0.25, 0.3) is 0 Å². The Morgan fingerprint density at radius 1 is 1.31 bits per heavy atom. The summed E-state index contributed by atoms with van der Waals surface area (Å²) in [5.74, 6) is 1.70. The number of benzene rings is 1. The SMILES string of the molecule is C=C(C)[C@@H]1CCC(C)=C[C@H]1c1c(O)cc(CCCCC)cc1OC(C)C. The van der Waals surface area contributed by atoms with E-state index >= 15 is 0 Å². The Balaban J connectivity index is 2.47. The van der Waals surface area contributed by atoms with Gasteiger partial charge in [-0.1, -0.05) is 43.6 Å². The molecule has 0 spiro atoms. The molecule has 1 N–H and O–H groups in total. The van der Waals surface area contributed by atoms with E-state index in [-0.39, 0.29) is 12.0 Å². The highest BCUT2D eigenvalue weighted by atomic mass is 16.5. The third-order valence-corrected chi connectivity index (χ3v) is 5.33. The zero-order valence-corrected chi connectivity index (χ0v) is 17.3. The molecule has 0 saturated carbocycles. The van der Waals surface area contributed by atoms with E-state index in [0.717, 1.165) is 37.0 Å². The number of unbranched alkanes of at least 4 members (excludes halogenated alkanes) is 2. The van der Waals surface area contributed by atoms with Crippen LogP contribution in [-0.4, -0.2) is 11.2 Å². The van der Waals surface area contributed by atoms with Crippen molar-refractivity contribution in [2.75, 3.05) is 0 Å². The fourth-order valence-corrected chi connectivity index (χ4v) is 3.98. The first-order valence-corrected chi connectivity index (χ1v) is 10.2. The number of allylic oxidation sites excluding steroid dienone is 3. The standard InChI is InChI=1S/C24H36O2/c1-7-8-9-10-19-14-22(25)24(23(15-19)26-17(4)5)21-13-18(6)11-12-20(21)16(2)3/h13-15,17,20-21,25H,2,7-12H2,1,3-6H3/t20-,21+/m0/s1. The van der Waals surface area contributed by atoms with Gasteiger partial charge in [0.1, 0.15) is 11.5 Å². The van der Waals surface area contributed by atoms with Crippen molar-refractivity contribution in [1.82, 2.24) is 0 Å². The quantitative estimate of drug-likeness (QED) is 0.404. The summed E-state index contributed by atoms with van der Waals surface area (Å²) in [6, 6.07) is 4.10. The summed E-state index contributed by atoms with van der Waals surface area (Å²) in [4.78, 5) is 0. The summed E-state index contributed by atoms with van der Waals surface area (Å²) >= 11 is 0. The molecule has 2 atom stereocenters. The maximum Gasteiger partial charge on any atom is 0.127 e. The molecule has 26 heavy (non-hydrogen) atoms. The largest absolute Gasteiger partial charge is 0.507 e. The number of ether oxygens (including phenoxy) is 1. The smallest absolute Gasteiger partial charge is 0.127 e. The van der Waals surface area contributed by atoms with Gasteiger partial charge >= 0.3 is 0 Å². The predicted octanol–water partition coefficient (Wildman–Crippen LogP) is 6.93. The van der Waals surface area contributed by atoms with Crippen molar-refractivity contribution in [3.05, 3.63) is 47.1 Å². The van der Waals surface area contributed by atoms with Crippen LogP contribution in [-0.2, 0) is 6.42 Å². The molecule has 2 rings (SSSR count). The van der Waals surface area contributed by atoms with Gasteiger partial charge in [0.25, 0.3) is 0 Å². The fourth-order valence-electron chi connectivity index (χ4n) is 3.98. The minimum atomic E-state index is 0.0796. The zero-order chi connectivity index (χ0) is 19.3. The Kier molecular flexibility index (Phi) is 7.37. The lowest BCUT2D eigenvalue weighted by molar-refractivity contribution is 0.236. The number of rotatable bonds is 8. The summed E-state index contributed by atoms with van der Waals surface area (Å²) in [7, 11) is 0. The molecule has 0 bridgehead atoms. The van der Waals surface area contributed by atoms with Gasteiger partial charge in [0.05, 0.1) is 6.10 Å². The number of phenols is 1. The van der Waals surface area contributed by atoms with Crippen LogP contribution in [0.5, 0.6) is 11.5 Å². The van der Waals surface area contributed by atoms with Crippen LogP contribution in [0.1, 0.15) is 83.8 Å². The highest BCUT2D eigenvalue weighted by Gasteiger charge is 2.30. The predicted molar refractivity (Wildman–Crippen MR) is 111 cm³/mol. The molecule has 1 aliphatic carbocycles. The van der Waals surface area contributed by atoms with E-state index in [1.165, 1.54) is 29.6 Å². The van der Waals surface area contributed by atoms with Gasteiger partial charge in [-0.2, -0.15) is 0 Å². The van der Waals surface area contributed by atoms with Crippen LogP contribution in [0.2, 0.25) is 0 Å². The van der Waals surface area contributed by atoms with Gasteiger partial charge in [-0.3, -0.25) is 0 Å². The van der Waals surface area contributed by atoms with Crippen molar-refractivity contribution >= 4 is 0 Å². The number of aryl methyl sites for hydroxylation is 1. The maximum atomic E-state index is 10.9. The minimum absolute atomic E-state index is 0.0796. The van der Waals surface area contributed by atoms with Crippen molar-refractivity contribution < 1.29 is 9.84 Å². The number of hydrogen-bond donors (Lipinski definition) is 1. The van der Waals surface area contributed by atoms with Gasteiger partial charge in [-0.05, 0) is 77.0 Å². The van der Waals surface area contributed by atoms with Crippen LogP contribution in [0.3, 0.4) is 0 Å². The summed E-state index contributed by atoms with van der Waals surface area (Å²) < 4.78 is 6.17. The van der Waals surface area contributed by atoms with Gasteiger partial charge in [0, 0.05) is 11.5 Å². The van der Waals surface area contributed by atoms with Crippen molar-refractivity contribution in [3.8, 4) is 11.5 Å². The van der Waals surface area contributed by atoms with E-state index < -0.39 is 0 Å². The first-order valence-electron chi connectivity index (χ1n) is 10.2. The molecule has 0 saturated heterocycles. The third-order valence-electron chi connectivity index (χ3n) is 5.33. The summed E-state index contributed by atoms with van der Waals surface area (Å²) in [5.41, 5.74) is 4.67. The maximum absolute atomic E-state index is 10.9. The second-order valence-electron chi connectivity index (χ2n) is 8.18. The van der Waals surface area contributed by atoms with E-state index in [1.54, 1.807) is 0 Å². The second-order valence-corrected chi connectivity index (χ2v) is 8.18. The molecule has 2 nitrogen and oxygen atoms in total. The highest BCUT2D eigenvalue weighted by Crippen LogP contribution is 2.47. The Labute approximate surface area is 160 Å². The third kappa shape index (κ3) is 5.16. The van der Waals surface area contributed by atoms with Crippen molar-refractivity contribution in [2.24, 2.45) is 5.92 Å². The van der Waals surface area contributed by atoms with Gasteiger partial charge in [-0.15, -0.1) is 0 Å². The Morgan fingerprint density at radius 2 is 2.04 bits per heavy atom. The van der Waals surface area contributed by atoms with E-state index in [9.17, 15) is 5.11 Å². The molecule has 0 unspecified atom stereocenters. The molecule has 0 heterocycles. The molecular weight excluding hydrogens is 320 g/mol. The number of aromatic hydroxyl groups is 1. The van der Waals surface area contributed by atoms with Gasteiger partial charge in [0.2, 0.25) is 0 Å². The molecule has 0 fully saturated rings. The Bertz CT molecular complexity index is 654. The Hall–Kier alpha value is -1.70. The molecule has 144 valence electrons. The summed E-state index contributed by atoms with van der Waals surface area (Å²) in [5, 5.41) is 10.9. The minimum Gasteiger partial charge on any atom is -0.507 e. The van der Waals surface area contributed by atoms with Crippen LogP contribution in [0, 0.1) is 5.92 Å². The molecule has 0 aromatic heterocycles. The molecule has 0 radical (unpaired) electrons. The van der Waals surface area contributed by atoms with Crippen molar-refractivity contribution in [3.63, 3.8) is 0 Å². The van der Waals surface area contributed by atoms with Crippen LogP contribution >= 0.6 is 0 Å². The van der Waals surface area contributed by atoms with Gasteiger partial charge < -0.3 is 9.84 Å². The van der Waals surface area contributed by atoms with Crippen LogP contribution in [0.15, 0.2) is 35.9 Å². The topological polar surface area (TPSA) is 29.5 Å². The van der Waals surface area contributed by atoms with Crippen molar-refractivity contribution in [2.45, 2.75) is 85.2 Å². The molecule has 0 aliphatic heterocycles. The zero-order valence-electron chi connectivity index (χ0n) is 17.3. The second kappa shape index (κ2) is 9.30. The molecule has 0 amide bonds. The fraction of sp³-hybridized carbons (Fsp3) is 0.583. The number of hydrogen-bond acceptors (Lipinski definition) is 2. The monoisotopic (exact) mass is 356 g/mol. The Morgan fingerprint density at radius 3 is 2.65 bits per heavy atom. The first-order chi connectivity index (χ1) is 12.3. The summed E-state index contributed by atoms with van der Waals surface area (Å²) in [6.07, 6.45) is 9.12. The lowest BCUT2D eigenvalue weighted by Crippen LogP contribution is -2.19. The molecule has 1 aromatic carbocycles. The van der Waals surface area contributed by atoms with E-state index in [4.69, 9.17) is 4.74 Å². The van der Waals surface area contributed by atoms with E-state index in [0.29, 0.717) is 11.7 Å². The highest BCUT2D eigenvalue weighted by molar-refractivity contribution is 5.52. The van der Waals surface area contributed by atoms with Crippen LogP contribution < -0.4 is 4.74 Å². The lowest BCUT2D eigenvalue weighted by atomic mass is 9.73. The van der Waals surface area contributed by atoms with E-state index in [1.807, 2.05) is 19.9 Å². The summed E-state index contributed by atoms with van der Waals surface area (Å²) in [6.45, 7) is 14.8. The first kappa shape index (κ1) is 20.6. The average Bonchev–Trinajstić information content (AvgIpc) is 2.54. The molecule has 1 aliphatic rings. The van der Waals surface area contributed by atoms with Crippen LogP contribution in [0.4, 0.5) is 0 Å². The average molecular weight is 357 g/mol.